The lowest BCUT2D eigenvalue weighted by atomic mass is 9.96. The number of aryl methyl sites for hydroxylation is 1. The number of nitrogens with zero attached hydrogens (tertiary/aromatic N) is 4. The zero-order valence-electron chi connectivity index (χ0n) is 15.4. The molecule has 0 unspecified atom stereocenters. The number of aromatic nitrogens is 1. The van der Waals surface area contributed by atoms with Crippen LogP contribution in [-0.2, 0) is 29.4 Å². The van der Waals surface area contributed by atoms with Gasteiger partial charge in [-0.15, -0.1) is 0 Å². The molecule has 1 aromatic heterocycles. The van der Waals surface area contributed by atoms with Gasteiger partial charge in [0.2, 0.25) is 10.0 Å². The number of hydrogen-bond donors (Lipinski definition) is 0. The summed E-state index contributed by atoms with van der Waals surface area (Å²) in [5, 5.41) is 15.2. The lowest BCUT2D eigenvalue weighted by molar-refractivity contribution is -0.385. The molecule has 4 rings (SSSR count). The van der Waals surface area contributed by atoms with Crippen LogP contribution in [0.3, 0.4) is 0 Å². The molecule has 0 bridgehead atoms. The van der Waals surface area contributed by atoms with E-state index in [9.17, 15) is 18.5 Å². The maximum absolute atomic E-state index is 12.8. The van der Waals surface area contributed by atoms with Gasteiger partial charge in [-0.2, -0.15) is 4.31 Å². The molecule has 1 aliphatic heterocycles. The maximum atomic E-state index is 12.8. The lowest BCUT2D eigenvalue weighted by Crippen LogP contribution is -2.48. The Morgan fingerprint density at radius 2 is 1.89 bits per heavy atom. The van der Waals surface area contributed by atoms with Gasteiger partial charge in [0.15, 0.2) is 0 Å². The number of nitro groups is 1. The molecule has 0 saturated carbocycles. The molecule has 0 N–H and O–H groups in total. The second kappa shape index (κ2) is 7.61. The predicted molar refractivity (Wildman–Crippen MR) is 100 cm³/mol. The molecule has 0 radical (unpaired) electrons. The number of piperazine rings is 1. The average molecular weight is 406 g/mol. The second-order valence-electron chi connectivity index (χ2n) is 7.17. The number of non-ortho nitro benzene ring substituents is 1. The maximum Gasteiger partial charge on any atom is 0.270 e. The van der Waals surface area contributed by atoms with Gasteiger partial charge in [0.1, 0.15) is 11.5 Å². The SMILES string of the molecule is O=[N+]([O-])c1cccc(S(=O)(=O)N2CCN(Cc3noc4c3CCCC4)CC2)c1. The fraction of sp³-hybridized carbons (Fsp3) is 0.500. The van der Waals surface area contributed by atoms with Crippen molar-refractivity contribution in [3.05, 3.63) is 51.4 Å². The van der Waals surface area contributed by atoms with Crippen molar-refractivity contribution in [1.82, 2.24) is 14.4 Å². The van der Waals surface area contributed by atoms with E-state index in [2.05, 4.69) is 10.1 Å². The molecule has 1 saturated heterocycles. The van der Waals surface area contributed by atoms with E-state index < -0.39 is 14.9 Å². The molecule has 10 heteroatoms. The quantitative estimate of drug-likeness (QED) is 0.551. The zero-order valence-corrected chi connectivity index (χ0v) is 16.2. The summed E-state index contributed by atoms with van der Waals surface area (Å²) in [6, 6.07) is 5.20. The topological polar surface area (TPSA) is 110 Å². The molecule has 0 spiro atoms. The fourth-order valence-electron chi connectivity index (χ4n) is 3.82. The molecule has 0 amide bonds. The first kappa shape index (κ1) is 19.0. The van der Waals surface area contributed by atoms with Gasteiger partial charge in [-0.3, -0.25) is 15.0 Å². The van der Waals surface area contributed by atoms with E-state index in [1.807, 2.05) is 0 Å². The normalized spacial score (nSPS) is 18.7. The Bertz CT molecular complexity index is 980. The highest BCUT2D eigenvalue weighted by Gasteiger charge is 2.30. The van der Waals surface area contributed by atoms with Gasteiger partial charge in [0, 0.05) is 56.8 Å². The van der Waals surface area contributed by atoms with Gasteiger partial charge in [0.25, 0.3) is 5.69 Å². The van der Waals surface area contributed by atoms with Gasteiger partial charge in [-0.05, 0) is 25.3 Å². The molecular weight excluding hydrogens is 384 g/mol. The van der Waals surface area contributed by atoms with E-state index in [1.165, 1.54) is 28.1 Å². The molecule has 9 nitrogen and oxygen atoms in total. The first-order chi connectivity index (χ1) is 13.4. The zero-order chi connectivity index (χ0) is 19.7. The molecule has 1 aliphatic carbocycles. The van der Waals surface area contributed by atoms with E-state index in [0.717, 1.165) is 43.2 Å². The minimum atomic E-state index is -3.75. The molecule has 2 aromatic rings. The van der Waals surface area contributed by atoms with Crippen LogP contribution >= 0.6 is 0 Å². The lowest BCUT2D eigenvalue weighted by Gasteiger charge is -2.33. The Kier molecular flexibility index (Phi) is 5.17. The number of fused-ring (bicyclic) bond motifs is 1. The van der Waals surface area contributed by atoms with Gasteiger partial charge >= 0.3 is 0 Å². The van der Waals surface area contributed by atoms with Crippen molar-refractivity contribution in [1.29, 1.82) is 0 Å². The van der Waals surface area contributed by atoms with Crippen LogP contribution < -0.4 is 0 Å². The number of rotatable bonds is 5. The largest absolute Gasteiger partial charge is 0.361 e. The van der Waals surface area contributed by atoms with Gasteiger partial charge < -0.3 is 4.52 Å². The minimum absolute atomic E-state index is 0.0410. The van der Waals surface area contributed by atoms with E-state index in [-0.39, 0.29) is 10.6 Å². The molecule has 2 aliphatic rings. The number of nitro benzene ring substituents is 1. The summed E-state index contributed by atoms with van der Waals surface area (Å²) in [6.07, 6.45) is 4.22. The smallest absolute Gasteiger partial charge is 0.270 e. The van der Waals surface area contributed by atoms with Crippen molar-refractivity contribution in [2.75, 3.05) is 26.2 Å². The number of sulfonamides is 1. The molecule has 1 fully saturated rings. The first-order valence-corrected chi connectivity index (χ1v) is 10.8. The highest BCUT2D eigenvalue weighted by Crippen LogP contribution is 2.26. The van der Waals surface area contributed by atoms with Crippen LogP contribution in [0, 0.1) is 10.1 Å². The Hall–Kier alpha value is -2.30. The summed E-state index contributed by atoms with van der Waals surface area (Å²) in [6.45, 7) is 2.49. The third kappa shape index (κ3) is 3.67. The van der Waals surface area contributed by atoms with Crippen molar-refractivity contribution in [3.8, 4) is 0 Å². The van der Waals surface area contributed by atoms with Crippen LogP contribution in [0.15, 0.2) is 33.7 Å². The molecule has 28 heavy (non-hydrogen) atoms. The summed E-state index contributed by atoms with van der Waals surface area (Å²) in [5.41, 5.74) is 1.96. The monoisotopic (exact) mass is 406 g/mol. The minimum Gasteiger partial charge on any atom is -0.361 e. The van der Waals surface area contributed by atoms with Crippen molar-refractivity contribution < 1.29 is 17.9 Å². The summed E-state index contributed by atoms with van der Waals surface area (Å²) in [5.74, 6) is 0.994. The molecule has 150 valence electrons. The second-order valence-corrected chi connectivity index (χ2v) is 9.11. The van der Waals surface area contributed by atoms with Crippen molar-refractivity contribution in [2.45, 2.75) is 37.1 Å². The van der Waals surface area contributed by atoms with E-state index >= 15 is 0 Å². The Morgan fingerprint density at radius 1 is 1.14 bits per heavy atom. The first-order valence-electron chi connectivity index (χ1n) is 9.38. The van der Waals surface area contributed by atoms with Gasteiger partial charge in [-0.25, -0.2) is 8.42 Å². The highest BCUT2D eigenvalue weighted by molar-refractivity contribution is 7.89. The third-order valence-electron chi connectivity index (χ3n) is 5.40. The summed E-state index contributed by atoms with van der Waals surface area (Å²) in [7, 11) is -3.75. The van der Waals surface area contributed by atoms with Gasteiger partial charge in [-0.1, -0.05) is 11.2 Å². The molecule has 1 aromatic carbocycles. The average Bonchev–Trinajstić information content (AvgIpc) is 3.11. The van der Waals surface area contributed by atoms with Crippen LogP contribution in [0.1, 0.15) is 29.9 Å². The predicted octanol–water partition coefficient (Wildman–Crippen LogP) is 1.97. The van der Waals surface area contributed by atoms with Crippen LogP contribution in [0.4, 0.5) is 5.69 Å². The Morgan fingerprint density at radius 3 is 2.64 bits per heavy atom. The summed E-state index contributed by atoms with van der Waals surface area (Å²) < 4.78 is 32.5. The fourth-order valence-corrected chi connectivity index (χ4v) is 5.28. The standard InChI is InChI=1S/C18H22N4O5S/c23-22(24)14-4-3-5-15(12-14)28(25,26)21-10-8-20(9-11-21)13-17-16-6-1-2-7-18(16)27-19-17/h3-5,12H,1-2,6-11,13H2. The molecular formula is C18H22N4O5S. The summed E-state index contributed by atoms with van der Waals surface area (Å²) >= 11 is 0. The van der Waals surface area contributed by atoms with E-state index in [0.29, 0.717) is 32.7 Å². The van der Waals surface area contributed by atoms with E-state index in [4.69, 9.17) is 4.52 Å². The van der Waals surface area contributed by atoms with E-state index in [1.54, 1.807) is 0 Å². The van der Waals surface area contributed by atoms with Crippen LogP contribution in [-0.4, -0.2) is 53.9 Å². The summed E-state index contributed by atoms with van der Waals surface area (Å²) in [4.78, 5) is 12.5. The Labute approximate surface area is 163 Å². The molecule has 0 atom stereocenters. The van der Waals surface area contributed by atoms with Crippen LogP contribution in [0.2, 0.25) is 0 Å². The van der Waals surface area contributed by atoms with Crippen LogP contribution in [0.25, 0.3) is 0 Å². The number of benzene rings is 1. The van der Waals surface area contributed by atoms with Crippen LogP contribution in [0.5, 0.6) is 0 Å². The highest BCUT2D eigenvalue weighted by atomic mass is 32.2. The van der Waals surface area contributed by atoms with Crippen molar-refractivity contribution in [3.63, 3.8) is 0 Å². The Balaban J connectivity index is 1.42. The van der Waals surface area contributed by atoms with Gasteiger partial charge in [0.05, 0.1) is 9.82 Å². The van der Waals surface area contributed by atoms with Crippen molar-refractivity contribution in [2.24, 2.45) is 0 Å². The molecule has 2 heterocycles. The van der Waals surface area contributed by atoms with Crippen molar-refractivity contribution >= 4 is 15.7 Å². The number of hydrogen-bond acceptors (Lipinski definition) is 7. The third-order valence-corrected chi connectivity index (χ3v) is 7.30.